The van der Waals surface area contributed by atoms with Crippen LogP contribution in [0.25, 0.3) is 11.3 Å². The Kier molecular flexibility index (Phi) is 11.6. The lowest BCUT2D eigenvalue weighted by Gasteiger charge is -2.23. The third kappa shape index (κ3) is 9.04. The Morgan fingerprint density at radius 2 is 1.68 bits per heavy atom. The Morgan fingerprint density at radius 3 is 2.16 bits per heavy atom. The number of rotatable bonds is 10. The molecule has 1 aliphatic carbocycles. The molecule has 0 radical (unpaired) electrons. The van der Waals surface area contributed by atoms with Gasteiger partial charge in [0.25, 0.3) is 0 Å². The predicted molar refractivity (Wildman–Crippen MR) is 137 cm³/mol. The summed E-state index contributed by atoms with van der Waals surface area (Å²) in [7, 11) is 3.30. The van der Waals surface area contributed by atoms with Gasteiger partial charge in [-0.15, -0.1) is 0 Å². The molecule has 1 aromatic heterocycles. The van der Waals surface area contributed by atoms with Crippen LogP contribution in [0.5, 0.6) is 11.5 Å². The van der Waals surface area contributed by atoms with Crippen LogP contribution in [0, 0.1) is 11.8 Å². The van der Waals surface area contributed by atoms with E-state index >= 15 is 0 Å². The lowest BCUT2D eigenvalue weighted by Crippen LogP contribution is -2.34. The van der Waals surface area contributed by atoms with Crippen molar-refractivity contribution in [3.05, 3.63) is 30.0 Å². The number of halogens is 3. The van der Waals surface area contributed by atoms with Gasteiger partial charge < -0.3 is 20.3 Å². The summed E-state index contributed by atoms with van der Waals surface area (Å²) in [6.07, 6.45) is 2.18. The fourth-order valence-electron chi connectivity index (χ4n) is 4.57. The molecule has 1 heterocycles. The Bertz CT molecular complexity index is 1040. The number of aliphatic carboxylic acids is 1. The molecule has 0 aliphatic heterocycles. The van der Waals surface area contributed by atoms with Crippen molar-refractivity contribution in [3.8, 4) is 22.8 Å². The molecule has 0 unspecified atom stereocenters. The number of alkyl halides is 3. The molecule has 1 saturated carbocycles. The molecular weight excluding hydrogens is 503 g/mol. The summed E-state index contributed by atoms with van der Waals surface area (Å²) in [5, 5.41) is 11.9. The first-order valence-electron chi connectivity index (χ1n) is 12.7. The normalized spacial score (nSPS) is 15.0. The second-order valence-electron chi connectivity index (χ2n) is 9.93. The number of nitrogens with two attached hydrogens (primary N) is 1. The van der Waals surface area contributed by atoms with Crippen molar-refractivity contribution in [1.82, 2.24) is 9.78 Å². The topological polar surface area (TPSA) is 117 Å². The maximum absolute atomic E-state index is 12.9. The highest BCUT2D eigenvalue weighted by molar-refractivity contribution is 5.86. The smallest absolute Gasteiger partial charge is 0.490 e. The number of nitrogens with zero attached hydrogens (tertiary/aromatic N) is 2. The summed E-state index contributed by atoms with van der Waals surface area (Å²) in [5.41, 5.74) is 8.79. The van der Waals surface area contributed by atoms with E-state index < -0.39 is 18.2 Å². The van der Waals surface area contributed by atoms with Gasteiger partial charge in [-0.3, -0.25) is 9.48 Å². The van der Waals surface area contributed by atoms with Crippen molar-refractivity contribution in [1.29, 1.82) is 0 Å². The van der Waals surface area contributed by atoms with Crippen LogP contribution in [0.1, 0.15) is 58.1 Å². The first-order valence-corrected chi connectivity index (χ1v) is 12.7. The minimum Gasteiger partial charge on any atom is -0.496 e. The lowest BCUT2D eigenvalue weighted by molar-refractivity contribution is -0.192. The summed E-state index contributed by atoms with van der Waals surface area (Å²) in [4.78, 5) is 21.8. The average molecular weight is 542 g/mol. The zero-order valence-corrected chi connectivity index (χ0v) is 22.4. The van der Waals surface area contributed by atoms with E-state index in [2.05, 4.69) is 13.8 Å². The number of aromatic nitrogens is 2. The number of hydrogen-bond acceptors (Lipinski definition) is 6. The van der Waals surface area contributed by atoms with Gasteiger partial charge in [-0.2, -0.15) is 18.3 Å². The van der Waals surface area contributed by atoms with Gasteiger partial charge in [0.15, 0.2) is 5.78 Å². The zero-order chi connectivity index (χ0) is 28.5. The predicted octanol–water partition coefficient (Wildman–Crippen LogP) is 5.27. The van der Waals surface area contributed by atoms with E-state index in [4.69, 9.17) is 30.2 Å². The number of benzene rings is 1. The second-order valence-corrected chi connectivity index (χ2v) is 9.93. The van der Waals surface area contributed by atoms with E-state index in [-0.39, 0.29) is 12.2 Å². The molecule has 8 nitrogen and oxygen atoms in total. The molecule has 38 heavy (non-hydrogen) atoms. The molecule has 2 aromatic rings. The maximum atomic E-state index is 12.9. The summed E-state index contributed by atoms with van der Waals surface area (Å²) < 4.78 is 44.9. The van der Waals surface area contributed by atoms with E-state index in [1.165, 1.54) is 32.1 Å². The van der Waals surface area contributed by atoms with Gasteiger partial charge in [-0.25, -0.2) is 4.79 Å². The number of carbonyl (C=O) groups excluding carboxylic acids is 1. The number of ether oxygens (including phenoxy) is 2. The lowest BCUT2D eigenvalue weighted by atomic mass is 9.84. The fraction of sp³-hybridized carbons (Fsp3) is 0.593. The summed E-state index contributed by atoms with van der Waals surface area (Å²) in [6.45, 7) is 5.03. The molecule has 0 amide bonds. The molecule has 212 valence electrons. The summed E-state index contributed by atoms with van der Waals surface area (Å²) in [5.74, 6) is -0.269. The van der Waals surface area contributed by atoms with Gasteiger partial charge in [0.1, 0.15) is 11.5 Å². The number of carboxylic acid groups (broad SMARTS) is 1. The first-order chi connectivity index (χ1) is 17.9. The molecule has 0 saturated heterocycles. The average Bonchev–Trinajstić information content (AvgIpc) is 3.24. The molecule has 3 rings (SSSR count). The minimum atomic E-state index is -5.08. The standard InChI is InChI=1S/C25H37N3O3.C2HF3O2/c1-17(2)16-28-21(25-23(30-3)11-8-12-24(25)31-4)14-19(27-28)15-22(29)20(26)13-18-9-6-5-7-10-18;3-2(4,5)1(6)7/h8,11-12,14,17-18,20H,5-7,9-10,13,15-16,26H2,1-4H3;(H,6,7)/t20-;/m0./s1. The highest BCUT2D eigenvalue weighted by atomic mass is 19.4. The van der Waals surface area contributed by atoms with E-state index in [9.17, 15) is 18.0 Å². The molecule has 0 bridgehead atoms. The van der Waals surface area contributed by atoms with E-state index in [0.29, 0.717) is 11.8 Å². The molecule has 0 spiro atoms. The van der Waals surface area contributed by atoms with E-state index in [1.807, 2.05) is 28.9 Å². The molecule has 1 atom stereocenters. The molecule has 11 heteroatoms. The highest BCUT2D eigenvalue weighted by Gasteiger charge is 2.38. The van der Waals surface area contributed by atoms with Crippen LogP contribution in [-0.2, 0) is 22.6 Å². The van der Waals surface area contributed by atoms with Crippen LogP contribution >= 0.6 is 0 Å². The van der Waals surface area contributed by atoms with Crippen LogP contribution < -0.4 is 15.2 Å². The van der Waals surface area contributed by atoms with Crippen LogP contribution in [0.15, 0.2) is 24.3 Å². The van der Waals surface area contributed by atoms with Gasteiger partial charge in [-0.05, 0) is 36.5 Å². The molecule has 3 N–H and O–H groups in total. The van der Waals surface area contributed by atoms with Gasteiger partial charge in [0.2, 0.25) is 0 Å². The van der Waals surface area contributed by atoms with Gasteiger partial charge in [0.05, 0.1) is 43.6 Å². The fourth-order valence-corrected chi connectivity index (χ4v) is 4.57. The van der Waals surface area contributed by atoms with Crippen molar-refractivity contribution in [2.75, 3.05) is 14.2 Å². The van der Waals surface area contributed by atoms with Crippen molar-refractivity contribution in [2.24, 2.45) is 17.6 Å². The Labute approximate surface area is 221 Å². The SMILES string of the molecule is COc1cccc(OC)c1-c1cc(CC(=O)[C@@H](N)CC2CCCCC2)nn1CC(C)C.O=C(O)C(F)(F)F. The Morgan fingerprint density at radius 1 is 1.13 bits per heavy atom. The number of methoxy groups -OCH3 is 2. The summed E-state index contributed by atoms with van der Waals surface area (Å²) >= 11 is 0. The van der Waals surface area contributed by atoms with Crippen LogP contribution in [0.2, 0.25) is 0 Å². The van der Waals surface area contributed by atoms with Gasteiger partial charge in [0, 0.05) is 6.54 Å². The maximum Gasteiger partial charge on any atom is 0.490 e. The van der Waals surface area contributed by atoms with Crippen molar-refractivity contribution < 1.29 is 37.3 Å². The summed E-state index contributed by atoms with van der Waals surface area (Å²) in [6, 6.07) is 7.29. The minimum absolute atomic E-state index is 0.0679. The first kappa shape index (κ1) is 31.1. The number of hydrogen-bond donors (Lipinski definition) is 2. The van der Waals surface area contributed by atoms with Gasteiger partial charge >= 0.3 is 12.1 Å². The van der Waals surface area contributed by atoms with E-state index in [0.717, 1.165) is 41.4 Å². The molecule has 1 aromatic carbocycles. The monoisotopic (exact) mass is 541 g/mol. The third-order valence-electron chi connectivity index (χ3n) is 6.38. The van der Waals surface area contributed by atoms with Crippen LogP contribution in [0.4, 0.5) is 13.2 Å². The van der Waals surface area contributed by atoms with Crippen molar-refractivity contribution in [3.63, 3.8) is 0 Å². The zero-order valence-electron chi connectivity index (χ0n) is 22.4. The number of carboxylic acids is 1. The van der Waals surface area contributed by atoms with Crippen molar-refractivity contribution >= 4 is 11.8 Å². The number of ketones is 1. The van der Waals surface area contributed by atoms with E-state index in [1.54, 1.807) is 14.2 Å². The Balaban J connectivity index is 0.000000638. The van der Waals surface area contributed by atoms with Crippen molar-refractivity contribution in [2.45, 2.75) is 77.6 Å². The number of carbonyl (C=O) groups is 2. The van der Waals surface area contributed by atoms with Crippen LogP contribution in [-0.4, -0.2) is 53.1 Å². The molecule has 1 aliphatic rings. The van der Waals surface area contributed by atoms with Gasteiger partial charge in [-0.1, -0.05) is 52.0 Å². The largest absolute Gasteiger partial charge is 0.496 e. The quantitative estimate of drug-likeness (QED) is 0.421. The second kappa shape index (κ2) is 14.2. The molecule has 1 fully saturated rings. The Hall–Kier alpha value is -3.08. The molecular formula is C27H38F3N3O5. The van der Waals surface area contributed by atoms with Crippen LogP contribution in [0.3, 0.4) is 0 Å². The highest BCUT2D eigenvalue weighted by Crippen LogP contribution is 2.39. The number of Topliss-reactive ketones (excluding diaryl/α,β-unsaturated/α-hetero) is 1. The third-order valence-corrected chi connectivity index (χ3v) is 6.38.